The number of esters is 1. The summed E-state index contributed by atoms with van der Waals surface area (Å²) < 4.78 is 22.5. The Hall–Kier alpha value is -1.93. The van der Waals surface area contributed by atoms with Crippen molar-refractivity contribution in [2.45, 2.75) is 11.8 Å². The number of aromatic nitrogens is 2. The minimum atomic E-state index is -0.677. The molecule has 2 rings (SSSR count). The van der Waals surface area contributed by atoms with Crippen molar-refractivity contribution < 1.29 is 18.4 Å². The maximum atomic E-state index is 12.8. The van der Waals surface area contributed by atoms with Crippen LogP contribution in [-0.4, -0.2) is 35.0 Å². The fraction of sp³-hybridized carbons (Fsp3) is 0.308. The Morgan fingerprint density at radius 1 is 1.48 bits per heavy atom. The number of benzene rings is 1. The first-order valence-electron chi connectivity index (χ1n) is 6.10. The third kappa shape index (κ3) is 4.27. The van der Waals surface area contributed by atoms with Gasteiger partial charge in [0.15, 0.2) is 5.82 Å². The van der Waals surface area contributed by atoms with E-state index >= 15 is 0 Å². The Bertz CT molecular complexity index is 603. The van der Waals surface area contributed by atoms with Gasteiger partial charge < -0.3 is 15.0 Å². The number of rotatable bonds is 6. The molecule has 1 heterocycles. The number of ether oxygens (including phenoxy) is 1. The van der Waals surface area contributed by atoms with Crippen molar-refractivity contribution in [2.75, 3.05) is 12.9 Å². The number of hydrogen-bond donors (Lipinski definition) is 1. The second-order valence-corrected chi connectivity index (χ2v) is 5.20. The summed E-state index contributed by atoms with van der Waals surface area (Å²) in [7, 11) is 1.29. The van der Waals surface area contributed by atoms with Crippen LogP contribution in [0.5, 0.6) is 0 Å². The Morgan fingerprint density at radius 2 is 2.19 bits per heavy atom. The van der Waals surface area contributed by atoms with Crippen LogP contribution in [0, 0.1) is 5.82 Å². The average molecular weight is 311 g/mol. The largest absolute Gasteiger partial charge is 0.468 e. The van der Waals surface area contributed by atoms with E-state index in [1.807, 2.05) is 0 Å². The molecule has 1 aromatic heterocycles. The molecular weight excluding hydrogens is 297 g/mol. The summed E-state index contributed by atoms with van der Waals surface area (Å²) in [5.74, 6) is 0.871. The molecule has 0 spiro atoms. The third-order valence-electron chi connectivity index (χ3n) is 2.59. The van der Waals surface area contributed by atoms with E-state index in [0.717, 1.165) is 0 Å². The summed E-state index contributed by atoms with van der Waals surface area (Å²) in [6.07, 6.45) is 0. The lowest BCUT2D eigenvalue weighted by molar-refractivity contribution is -0.141. The van der Waals surface area contributed by atoms with Crippen LogP contribution >= 0.6 is 11.8 Å². The molecule has 21 heavy (non-hydrogen) atoms. The van der Waals surface area contributed by atoms with Gasteiger partial charge in [-0.2, -0.15) is 16.7 Å². The maximum absolute atomic E-state index is 12.8. The first-order chi connectivity index (χ1) is 10.1. The molecule has 0 aliphatic heterocycles. The molecule has 2 aromatic rings. The Labute approximate surface area is 124 Å². The van der Waals surface area contributed by atoms with Crippen LogP contribution in [0.2, 0.25) is 0 Å². The lowest BCUT2D eigenvalue weighted by Gasteiger charge is -2.06. The summed E-state index contributed by atoms with van der Waals surface area (Å²) in [5.41, 5.74) is 6.25. The van der Waals surface area contributed by atoms with Crippen molar-refractivity contribution in [3.63, 3.8) is 0 Å². The predicted octanol–water partition coefficient (Wildman–Crippen LogP) is 1.61. The molecule has 0 aliphatic carbocycles. The van der Waals surface area contributed by atoms with E-state index in [0.29, 0.717) is 28.8 Å². The third-order valence-corrected chi connectivity index (χ3v) is 3.65. The molecule has 0 saturated heterocycles. The summed E-state index contributed by atoms with van der Waals surface area (Å²) in [4.78, 5) is 15.3. The second-order valence-electron chi connectivity index (χ2n) is 4.17. The van der Waals surface area contributed by atoms with Gasteiger partial charge in [0.25, 0.3) is 5.89 Å². The monoisotopic (exact) mass is 311 g/mol. The zero-order valence-corrected chi connectivity index (χ0v) is 12.1. The standard InChI is InChI=1S/C13H14FN3O3S/c1-19-13(18)10(15)6-21-7-11-16-12(20-17-11)8-2-4-9(14)5-3-8/h2-5,10H,6-7,15H2,1H3. The molecule has 8 heteroatoms. The van der Waals surface area contributed by atoms with Gasteiger partial charge in [-0.25, -0.2) is 4.39 Å². The van der Waals surface area contributed by atoms with E-state index in [2.05, 4.69) is 14.9 Å². The van der Waals surface area contributed by atoms with Gasteiger partial charge in [0.05, 0.1) is 12.9 Å². The molecule has 1 aromatic carbocycles. The average Bonchev–Trinajstić information content (AvgIpc) is 2.95. The number of thioether (sulfide) groups is 1. The molecule has 0 radical (unpaired) electrons. The molecule has 0 aliphatic rings. The zero-order chi connectivity index (χ0) is 15.2. The van der Waals surface area contributed by atoms with Crippen molar-refractivity contribution in [3.05, 3.63) is 35.9 Å². The number of carbonyl (C=O) groups excluding carboxylic acids is 1. The molecule has 0 fully saturated rings. The normalized spacial score (nSPS) is 12.1. The van der Waals surface area contributed by atoms with E-state index in [9.17, 15) is 9.18 Å². The number of methoxy groups -OCH3 is 1. The zero-order valence-electron chi connectivity index (χ0n) is 11.3. The molecule has 0 bridgehead atoms. The van der Waals surface area contributed by atoms with Crippen molar-refractivity contribution in [1.82, 2.24) is 10.1 Å². The number of halogens is 1. The second kappa shape index (κ2) is 7.19. The SMILES string of the molecule is COC(=O)C(N)CSCc1noc(-c2ccc(F)cc2)n1. The predicted molar refractivity (Wildman–Crippen MR) is 75.8 cm³/mol. The van der Waals surface area contributed by atoms with Crippen molar-refractivity contribution in [3.8, 4) is 11.5 Å². The van der Waals surface area contributed by atoms with Crippen LogP contribution in [0.4, 0.5) is 4.39 Å². The van der Waals surface area contributed by atoms with Gasteiger partial charge >= 0.3 is 5.97 Å². The highest BCUT2D eigenvalue weighted by atomic mass is 32.2. The van der Waals surface area contributed by atoms with Crippen molar-refractivity contribution in [2.24, 2.45) is 5.73 Å². The maximum Gasteiger partial charge on any atom is 0.323 e. The summed E-state index contributed by atoms with van der Waals surface area (Å²) >= 11 is 1.40. The molecular formula is C13H14FN3O3S. The number of nitrogens with two attached hydrogens (primary N) is 1. The molecule has 112 valence electrons. The molecule has 0 saturated carbocycles. The summed E-state index contributed by atoms with van der Waals surface area (Å²) in [6.45, 7) is 0. The minimum Gasteiger partial charge on any atom is -0.468 e. The Balaban J connectivity index is 1.89. The molecule has 2 N–H and O–H groups in total. The van der Waals surface area contributed by atoms with Gasteiger partial charge in [-0.05, 0) is 24.3 Å². The van der Waals surface area contributed by atoms with E-state index in [1.54, 1.807) is 12.1 Å². The lowest BCUT2D eigenvalue weighted by Crippen LogP contribution is -2.33. The number of hydrogen-bond acceptors (Lipinski definition) is 7. The lowest BCUT2D eigenvalue weighted by atomic mass is 10.2. The number of carbonyl (C=O) groups is 1. The summed E-state index contributed by atoms with van der Waals surface area (Å²) in [6, 6.07) is 5.09. The molecule has 1 atom stereocenters. The van der Waals surface area contributed by atoms with Crippen LogP contribution in [0.15, 0.2) is 28.8 Å². The quantitative estimate of drug-likeness (QED) is 0.810. The van der Waals surface area contributed by atoms with Gasteiger partial charge in [-0.3, -0.25) is 4.79 Å². The highest BCUT2D eigenvalue weighted by Gasteiger charge is 2.14. The topological polar surface area (TPSA) is 91.2 Å². The van der Waals surface area contributed by atoms with Crippen LogP contribution < -0.4 is 5.73 Å². The number of nitrogens with zero attached hydrogens (tertiary/aromatic N) is 2. The minimum absolute atomic E-state index is 0.322. The van der Waals surface area contributed by atoms with Gasteiger partial charge in [0, 0.05) is 11.3 Å². The highest BCUT2D eigenvalue weighted by Crippen LogP contribution is 2.19. The van der Waals surface area contributed by atoms with Gasteiger partial charge in [-0.1, -0.05) is 5.16 Å². The van der Waals surface area contributed by atoms with E-state index in [-0.39, 0.29) is 5.82 Å². The Kier molecular flexibility index (Phi) is 5.29. The molecule has 0 amide bonds. The van der Waals surface area contributed by atoms with E-state index in [1.165, 1.54) is 31.0 Å². The van der Waals surface area contributed by atoms with Crippen LogP contribution in [0.3, 0.4) is 0 Å². The summed E-state index contributed by atoms with van der Waals surface area (Å²) in [5, 5.41) is 3.82. The Morgan fingerprint density at radius 3 is 2.86 bits per heavy atom. The van der Waals surface area contributed by atoms with Crippen LogP contribution in [0.25, 0.3) is 11.5 Å². The van der Waals surface area contributed by atoms with Crippen molar-refractivity contribution in [1.29, 1.82) is 0 Å². The van der Waals surface area contributed by atoms with Crippen LogP contribution in [0.1, 0.15) is 5.82 Å². The van der Waals surface area contributed by atoms with Crippen molar-refractivity contribution >= 4 is 17.7 Å². The smallest absolute Gasteiger partial charge is 0.323 e. The fourth-order valence-corrected chi connectivity index (χ4v) is 2.33. The fourth-order valence-electron chi connectivity index (χ4n) is 1.52. The van der Waals surface area contributed by atoms with Crippen LogP contribution in [-0.2, 0) is 15.3 Å². The van der Waals surface area contributed by atoms with Gasteiger partial charge in [0.2, 0.25) is 0 Å². The molecule has 6 nitrogen and oxygen atoms in total. The first-order valence-corrected chi connectivity index (χ1v) is 7.25. The van der Waals surface area contributed by atoms with E-state index < -0.39 is 12.0 Å². The molecule has 1 unspecified atom stereocenters. The van der Waals surface area contributed by atoms with Gasteiger partial charge in [-0.15, -0.1) is 0 Å². The van der Waals surface area contributed by atoms with E-state index in [4.69, 9.17) is 10.3 Å². The first kappa shape index (κ1) is 15.5. The van der Waals surface area contributed by atoms with Gasteiger partial charge in [0.1, 0.15) is 11.9 Å². The highest BCUT2D eigenvalue weighted by molar-refractivity contribution is 7.98.